The van der Waals surface area contributed by atoms with E-state index in [4.69, 9.17) is 5.73 Å². The molecule has 0 fully saturated rings. The van der Waals surface area contributed by atoms with Crippen molar-refractivity contribution in [2.45, 2.75) is 6.92 Å². The third-order valence-corrected chi connectivity index (χ3v) is 2.78. The van der Waals surface area contributed by atoms with Crippen molar-refractivity contribution in [3.05, 3.63) is 71.8 Å². The van der Waals surface area contributed by atoms with Crippen LogP contribution in [0.3, 0.4) is 0 Å². The monoisotopic (exact) mass is 276 g/mol. The maximum absolute atomic E-state index is 12.1. The number of carbonyl (C=O) groups is 1. The fourth-order valence-electron chi connectivity index (χ4n) is 1.69. The summed E-state index contributed by atoms with van der Waals surface area (Å²) in [7, 11) is 0. The van der Waals surface area contributed by atoms with E-state index in [9.17, 15) is 4.79 Å². The standard InChI is InChI=1S/C18H16N2O/c1-13(2)7-8-14-9-11-15(12-10-14)18(21)20-17-6-4-3-5-16(17)19/h3-6,9-12H,1,19H2,2H3,(H,20,21). The van der Waals surface area contributed by atoms with Gasteiger partial charge in [-0.2, -0.15) is 0 Å². The molecule has 0 saturated carbocycles. The second kappa shape index (κ2) is 6.44. The Labute approximate surface area is 124 Å². The van der Waals surface area contributed by atoms with Gasteiger partial charge in [-0.15, -0.1) is 0 Å². The van der Waals surface area contributed by atoms with Crippen molar-refractivity contribution in [1.29, 1.82) is 0 Å². The van der Waals surface area contributed by atoms with Gasteiger partial charge in [-0.25, -0.2) is 0 Å². The molecular weight excluding hydrogens is 260 g/mol. The highest BCUT2D eigenvalue weighted by Crippen LogP contribution is 2.17. The summed E-state index contributed by atoms with van der Waals surface area (Å²) in [6.07, 6.45) is 0. The summed E-state index contributed by atoms with van der Waals surface area (Å²) in [4.78, 5) is 12.1. The number of carbonyl (C=O) groups excluding carboxylic acids is 1. The Kier molecular flexibility index (Phi) is 4.43. The predicted octanol–water partition coefficient (Wildman–Crippen LogP) is 3.45. The minimum atomic E-state index is -0.202. The molecule has 0 atom stereocenters. The van der Waals surface area contributed by atoms with Crippen molar-refractivity contribution in [3.63, 3.8) is 0 Å². The van der Waals surface area contributed by atoms with Gasteiger partial charge in [-0.3, -0.25) is 4.79 Å². The smallest absolute Gasteiger partial charge is 0.255 e. The predicted molar refractivity (Wildman–Crippen MR) is 86.9 cm³/mol. The molecule has 21 heavy (non-hydrogen) atoms. The molecule has 104 valence electrons. The Hall–Kier alpha value is -2.99. The second-order valence-electron chi connectivity index (χ2n) is 4.65. The van der Waals surface area contributed by atoms with Gasteiger partial charge in [-0.1, -0.05) is 30.6 Å². The molecule has 0 heterocycles. The van der Waals surface area contributed by atoms with E-state index < -0.39 is 0 Å². The zero-order valence-corrected chi connectivity index (χ0v) is 11.8. The summed E-state index contributed by atoms with van der Waals surface area (Å²) in [5, 5.41) is 2.78. The van der Waals surface area contributed by atoms with E-state index in [1.165, 1.54) is 0 Å². The fourth-order valence-corrected chi connectivity index (χ4v) is 1.69. The number of nitrogen functional groups attached to an aromatic ring is 1. The van der Waals surface area contributed by atoms with Crippen molar-refractivity contribution in [2.24, 2.45) is 0 Å². The lowest BCUT2D eigenvalue weighted by Crippen LogP contribution is -2.13. The third kappa shape index (κ3) is 3.99. The van der Waals surface area contributed by atoms with Gasteiger partial charge in [0.1, 0.15) is 0 Å². The van der Waals surface area contributed by atoms with E-state index in [2.05, 4.69) is 23.7 Å². The first-order valence-corrected chi connectivity index (χ1v) is 6.50. The Morgan fingerprint density at radius 1 is 1.14 bits per heavy atom. The normalized spacial score (nSPS) is 9.38. The highest BCUT2D eigenvalue weighted by Gasteiger charge is 2.07. The molecule has 0 saturated heterocycles. The van der Waals surface area contributed by atoms with Gasteiger partial charge in [0.25, 0.3) is 5.91 Å². The maximum atomic E-state index is 12.1. The first-order valence-electron chi connectivity index (χ1n) is 6.50. The number of nitrogens with one attached hydrogen (secondary N) is 1. The number of rotatable bonds is 2. The summed E-state index contributed by atoms with van der Waals surface area (Å²) in [5.41, 5.74) is 9.14. The molecule has 3 heteroatoms. The number of anilines is 2. The Morgan fingerprint density at radius 3 is 2.43 bits per heavy atom. The Bertz CT molecular complexity index is 734. The van der Waals surface area contributed by atoms with Crippen LogP contribution in [-0.2, 0) is 0 Å². The van der Waals surface area contributed by atoms with Crippen molar-refractivity contribution in [3.8, 4) is 11.8 Å². The van der Waals surface area contributed by atoms with Crippen LogP contribution in [0.1, 0.15) is 22.8 Å². The quantitative estimate of drug-likeness (QED) is 0.652. The summed E-state index contributed by atoms with van der Waals surface area (Å²) >= 11 is 0. The molecule has 0 aliphatic heterocycles. The fraction of sp³-hybridized carbons (Fsp3) is 0.0556. The number of nitrogens with two attached hydrogens (primary N) is 1. The van der Waals surface area contributed by atoms with Crippen molar-refractivity contribution in [2.75, 3.05) is 11.1 Å². The molecule has 2 aromatic carbocycles. The largest absolute Gasteiger partial charge is 0.397 e. The molecule has 3 N–H and O–H groups in total. The minimum Gasteiger partial charge on any atom is -0.397 e. The third-order valence-electron chi connectivity index (χ3n) is 2.78. The highest BCUT2D eigenvalue weighted by molar-refractivity contribution is 6.05. The molecular formula is C18H16N2O. The van der Waals surface area contributed by atoms with E-state index in [0.717, 1.165) is 11.1 Å². The molecule has 2 aromatic rings. The lowest BCUT2D eigenvalue weighted by molar-refractivity contribution is 0.102. The Morgan fingerprint density at radius 2 is 1.81 bits per heavy atom. The zero-order chi connectivity index (χ0) is 15.2. The van der Waals surface area contributed by atoms with E-state index >= 15 is 0 Å². The highest BCUT2D eigenvalue weighted by atomic mass is 16.1. The Balaban J connectivity index is 2.12. The number of para-hydroxylation sites is 2. The molecule has 0 unspecified atom stereocenters. The molecule has 0 spiro atoms. The summed E-state index contributed by atoms with van der Waals surface area (Å²) in [5.74, 6) is 5.66. The van der Waals surface area contributed by atoms with Crippen LogP contribution in [-0.4, -0.2) is 5.91 Å². The summed E-state index contributed by atoms with van der Waals surface area (Å²) in [6, 6.07) is 14.2. The van der Waals surface area contributed by atoms with Gasteiger partial charge in [0.2, 0.25) is 0 Å². The molecule has 3 nitrogen and oxygen atoms in total. The lowest BCUT2D eigenvalue weighted by Gasteiger charge is -2.07. The second-order valence-corrected chi connectivity index (χ2v) is 4.65. The van der Waals surface area contributed by atoms with Gasteiger partial charge in [-0.05, 0) is 48.9 Å². The van der Waals surface area contributed by atoms with Gasteiger partial charge < -0.3 is 11.1 Å². The lowest BCUT2D eigenvalue weighted by atomic mass is 10.1. The van der Waals surface area contributed by atoms with Crippen LogP contribution in [0.2, 0.25) is 0 Å². The van der Waals surface area contributed by atoms with E-state index in [-0.39, 0.29) is 5.91 Å². The van der Waals surface area contributed by atoms with Crippen molar-refractivity contribution < 1.29 is 4.79 Å². The van der Waals surface area contributed by atoms with Crippen LogP contribution in [0.4, 0.5) is 11.4 Å². The zero-order valence-electron chi connectivity index (χ0n) is 11.8. The van der Waals surface area contributed by atoms with Crippen LogP contribution in [0.5, 0.6) is 0 Å². The van der Waals surface area contributed by atoms with Crippen LogP contribution in [0, 0.1) is 11.8 Å². The van der Waals surface area contributed by atoms with Crippen molar-refractivity contribution >= 4 is 17.3 Å². The average molecular weight is 276 g/mol. The van der Waals surface area contributed by atoms with Crippen LogP contribution in [0.25, 0.3) is 0 Å². The van der Waals surface area contributed by atoms with E-state index in [1.54, 1.807) is 36.4 Å². The summed E-state index contributed by atoms with van der Waals surface area (Å²) < 4.78 is 0. The average Bonchev–Trinajstić information content (AvgIpc) is 2.48. The molecule has 0 aromatic heterocycles. The molecule has 0 aliphatic rings. The topological polar surface area (TPSA) is 55.1 Å². The first kappa shape index (κ1) is 14.4. The maximum Gasteiger partial charge on any atom is 0.255 e. The molecule has 0 aliphatic carbocycles. The van der Waals surface area contributed by atoms with Gasteiger partial charge in [0.05, 0.1) is 11.4 Å². The minimum absolute atomic E-state index is 0.202. The SMILES string of the molecule is C=C(C)C#Cc1ccc(C(=O)Nc2ccccc2N)cc1. The van der Waals surface area contributed by atoms with Gasteiger partial charge >= 0.3 is 0 Å². The number of allylic oxidation sites excluding steroid dienone is 1. The first-order chi connectivity index (χ1) is 10.1. The molecule has 0 radical (unpaired) electrons. The molecule has 2 rings (SSSR count). The van der Waals surface area contributed by atoms with Gasteiger partial charge in [0.15, 0.2) is 0 Å². The number of hydrogen-bond donors (Lipinski definition) is 2. The van der Waals surface area contributed by atoms with Crippen molar-refractivity contribution in [1.82, 2.24) is 0 Å². The number of hydrogen-bond acceptors (Lipinski definition) is 2. The van der Waals surface area contributed by atoms with Crippen LogP contribution in [0.15, 0.2) is 60.7 Å². The molecule has 0 bridgehead atoms. The van der Waals surface area contributed by atoms with Gasteiger partial charge in [0, 0.05) is 11.1 Å². The number of amides is 1. The summed E-state index contributed by atoms with van der Waals surface area (Å²) in [6.45, 7) is 5.57. The number of benzene rings is 2. The van der Waals surface area contributed by atoms with E-state index in [1.807, 2.05) is 19.1 Å². The molecule has 1 amide bonds. The van der Waals surface area contributed by atoms with E-state index in [0.29, 0.717) is 16.9 Å². The van der Waals surface area contributed by atoms with Crippen LogP contribution < -0.4 is 11.1 Å². The van der Waals surface area contributed by atoms with Crippen LogP contribution >= 0.6 is 0 Å².